The summed E-state index contributed by atoms with van der Waals surface area (Å²) in [4.78, 5) is 17.9. The van der Waals surface area contributed by atoms with Gasteiger partial charge in [-0.05, 0) is 27.7 Å². The largest absolute Gasteiger partial charge is 0.493 e. The molecule has 0 aliphatic carbocycles. The molecule has 2 aliphatic heterocycles. The number of rotatable bonds is 0. The molecular formula is C16H22N2O4. The van der Waals surface area contributed by atoms with Crippen molar-refractivity contribution in [2.75, 3.05) is 6.54 Å². The number of aromatic nitrogens is 1. The van der Waals surface area contributed by atoms with Crippen molar-refractivity contribution in [1.82, 2.24) is 9.88 Å². The van der Waals surface area contributed by atoms with Crippen LogP contribution in [0.4, 0.5) is 4.79 Å². The summed E-state index contributed by atoms with van der Waals surface area (Å²) in [6.45, 7) is 8.06. The van der Waals surface area contributed by atoms with Crippen molar-refractivity contribution < 1.29 is 19.4 Å². The molecule has 6 nitrogen and oxygen atoms in total. The molecule has 1 spiro atoms. The van der Waals surface area contributed by atoms with Crippen molar-refractivity contribution in [3.8, 4) is 11.6 Å². The van der Waals surface area contributed by atoms with E-state index in [9.17, 15) is 9.90 Å². The lowest BCUT2D eigenvalue weighted by Gasteiger charge is -2.27. The van der Waals surface area contributed by atoms with E-state index < -0.39 is 11.2 Å². The summed E-state index contributed by atoms with van der Waals surface area (Å²) in [5.41, 5.74) is -0.0127. The van der Waals surface area contributed by atoms with Gasteiger partial charge in [0.05, 0.1) is 12.7 Å². The van der Waals surface area contributed by atoms with E-state index in [1.165, 1.54) is 0 Å². The number of hydrogen-bond acceptors (Lipinski definition) is 5. The number of carbonyl (C=O) groups excluding carboxylic acids is 1. The zero-order valence-electron chi connectivity index (χ0n) is 13.4. The Balaban J connectivity index is 1.76. The van der Waals surface area contributed by atoms with Gasteiger partial charge in [0.15, 0.2) is 0 Å². The molecule has 22 heavy (non-hydrogen) atoms. The Labute approximate surface area is 130 Å². The van der Waals surface area contributed by atoms with Crippen LogP contribution in [0.25, 0.3) is 0 Å². The molecule has 3 rings (SSSR count). The average Bonchev–Trinajstić information content (AvgIpc) is 2.86. The van der Waals surface area contributed by atoms with Crippen LogP contribution in [-0.4, -0.2) is 44.9 Å². The maximum atomic E-state index is 12.3. The lowest BCUT2D eigenvalue weighted by Crippen LogP contribution is -2.42. The van der Waals surface area contributed by atoms with Crippen LogP contribution in [0, 0.1) is 0 Å². The highest BCUT2D eigenvalue weighted by molar-refractivity contribution is 5.69. The van der Waals surface area contributed by atoms with E-state index in [4.69, 9.17) is 9.47 Å². The molecule has 0 bridgehead atoms. The van der Waals surface area contributed by atoms with Gasteiger partial charge in [0, 0.05) is 30.5 Å². The van der Waals surface area contributed by atoms with E-state index in [0.29, 0.717) is 18.7 Å². The molecule has 0 radical (unpaired) electrons. The summed E-state index contributed by atoms with van der Waals surface area (Å²) >= 11 is 0. The lowest BCUT2D eigenvalue weighted by molar-refractivity contribution is 0.0191. The zero-order valence-corrected chi connectivity index (χ0v) is 13.4. The van der Waals surface area contributed by atoms with Gasteiger partial charge in [0.1, 0.15) is 17.0 Å². The minimum atomic E-state index is -0.512. The molecule has 1 aromatic rings. The second kappa shape index (κ2) is 4.76. The number of fused-ring (bicyclic) bond motifs is 1. The Morgan fingerprint density at radius 2 is 2.27 bits per heavy atom. The van der Waals surface area contributed by atoms with Crippen LogP contribution in [0.1, 0.15) is 39.7 Å². The second-order valence-corrected chi connectivity index (χ2v) is 7.27. The molecule has 0 saturated carbocycles. The van der Waals surface area contributed by atoms with Crippen molar-refractivity contribution >= 4 is 6.09 Å². The molecule has 120 valence electrons. The molecule has 0 aromatic carbocycles. The van der Waals surface area contributed by atoms with Crippen molar-refractivity contribution in [2.45, 2.75) is 57.8 Å². The van der Waals surface area contributed by atoms with Gasteiger partial charge in [-0.2, -0.15) is 0 Å². The predicted molar refractivity (Wildman–Crippen MR) is 80.0 cm³/mol. The zero-order chi connectivity index (χ0) is 16.1. The Morgan fingerprint density at radius 1 is 1.55 bits per heavy atom. The first kappa shape index (κ1) is 14.9. The summed E-state index contributed by atoms with van der Waals surface area (Å²) in [5, 5.41) is 9.50. The van der Waals surface area contributed by atoms with Gasteiger partial charge >= 0.3 is 6.09 Å². The Kier molecular flexibility index (Phi) is 3.23. The Bertz CT molecular complexity index is 611. The minimum absolute atomic E-state index is 0.00514. The standard InChI is InChI=1S/C16H22N2O4/c1-10-6-16(9-18(10)14(20)22-15(2,3)4)7-11-5-13(19)17-8-12(11)21-16/h5,8,10H,6-7,9H2,1-4H3,(H,17,19). The molecule has 1 fully saturated rings. The molecule has 6 heteroatoms. The third kappa shape index (κ3) is 2.69. The highest BCUT2D eigenvalue weighted by Gasteiger charge is 2.50. The molecular weight excluding hydrogens is 284 g/mol. The SMILES string of the molecule is CC1CC2(Cc3cc(O)ncc3O2)CN1C(=O)OC(C)(C)C. The first-order valence-electron chi connectivity index (χ1n) is 7.54. The van der Waals surface area contributed by atoms with Crippen LogP contribution < -0.4 is 4.74 Å². The lowest BCUT2D eigenvalue weighted by atomic mass is 9.95. The summed E-state index contributed by atoms with van der Waals surface area (Å²) < 4.78 is 11.5. The maximum Gasteiger partial charge on any atom is 0.410 e. The normalized spacial score (nSPS) is 26.9. The van der Waals surface area contributed by atoms with Gasteiger partial charge < -0.3 is 19.5 Å². The van der Waals surface area contributed by atoms with Crippen molar-refractivity contribution in [3.05, 3.63) is 17.8 Å². The van der Waals surface area contributed by atoms with Crippen molar-refractivity contribution in [2.24, 2.45) is 0 Å². The number of pyridine rings is 1. The first-order valence-corrected chi connectivity index (χ1v) is 7.54. The van der Waals surface area contributed by atoms with Crippen LogP contribution in [0.5, 0.6) is 11.6 Å². The average molecular weight is 306 g/mol. The van der Waals surface area contributed by atoms with Gasteiger partial charge in [-0.25, -0.2) is 9.78 Å². The molecule has 1 saturated heterocycles. The van der Waals surface area contributed by atoms with E-state index in [1.54, 1.807) is 17.2 Å². The number of ether oxygens (including phenoxy) is 2. The summed E-state index contributed by atoms with van der Waals surface area (Å²) in [6, 6.07) is 1.68. The third-order valence-corrected chi connectivity index (χ3v) is 4.06. The maximum absolute atomic E-state index is 12.3. The highest BCUT2D eigenvalue weighted by Crippen LogP contribution is 2.43. The number of carbonyl (C=O) groups is 1. The molecule has 2 unspecified atom stereocenters. The van der Waals surface area contributed by atoms with Gasteiger partial charge in [-0.15, -0.1) is 0 Å². The third-order valence-electron chi connectivity index (χ3n) is 4.06. The fourth-order valence-electron chi connectivity index (χ4n) is 3.26. The van der Waals surface area contributed by atoms with Crippen LogP contribution in [0.2, 0.25) is 0 Å². The molecule has 2 aliphatic rings. The predicted octanol–water partition coefficient (Wildman–Crippen LogP) is 2.49. The number of likely N-dealkylation sites (tertiary alicyclic amines) is 1. The molecule has 1 aromatic heterocycles. The van der Waals surface area contributed by atoms with Gasteiger partial charge in [-0.3, -0.25) is 0 Å². The Hall–Kier alpha value is -1.98. The van der Waals surface area contributed by atoms with Gasteiger partial charge in [0.25, 0.3) is 0 Å². The fraction of sp³-hybridized carbons (Fsp3) is 0.625. The topological polar surface area (TPSA) is 71.9 Å². The van der Waals surface area contributed by atoms with Crippen LogP contribution in [0.15, 0.2) is 12.3 Å². The molecule has 1 amide bonds. The quantitative estimate of drug-likeness (QED) is 0.797. The van der Waals surface area contributed by atoms with E-state index in [-0.39, 0.29) is 18.0 Å². The van der Waals surface area contributed by atoms with Gasteiger partial charge in [0.2, 0.25) is 5.88 Å². The van der Waals surface area contributed by atoms with E-state index in [2.05, 4.69) is 4.98 Å². The van der Waals surface area contributed by atoms with Crippen molar-refractivity contribution in [1.29, 1.82) is 0 Å². The smallest absolute Gasteiger partial charge is 0.410 e. The molecule has 3 heterocycles. The van der Waals surface area contributed by atoms with Crippen molar-refractivity contribution in [3.63, 3.8) is 0 Å². The van der Waals surface area contributed by atoms with E-state index in [0.717, 1.165) is 12.0 Å². The number of nitrogens with zero attached hydrogens (tertiary/aromatic N) is 2. The number of amides is 1. The van der Waals surface area contributed by atoms with Gasteiger partial charge in [-0.1, -0.05) is 0 Å². The summed E-state index contributed by atoms with van der Waals surface area (Å²) in [6.07, 6.45) is 2.64. The highest BCUT2D eigenvalue weighted by atomic mass is 16.6. The van der Waals surface area contributed by atoms with Crippen LogP contribution in [0.3, 0.4) is 0 Å². The first-order chi connectivity index (χ1) is 10.2. The van der Waals surface area contributed by atoms with E-state index >= 15 is 0 Å². The second-order valence-electron chi connectivity index (χ2n) is 7.27. The number of hydrogen-bond donors (Lipinski definition) is 1. The summed E-state index contributed by atoms with van der Waals surface area (Å²) in [5.74, 6) is 0.686. The number of aromatic hydroxyl groups is 1. The van der Waals surface area contributed by atoms with E-state index in [1.807, 2.05) is 27.7 Å². The molecule has 2 atom stereocenters. The van der Waals surface area contributed by atoms with Crippen LogP contribution in [-0.2, 0) is 11.2 Å². The fourth-order valence-corrected chi connectivity index (χ4v) is 3.26. The minimum Gasteiger partial charge on any atom is -0.493 e. The Morgan fingerprint density at radius 3 is 2.95 bits per heavy atom. The molecule has 1 N–H and O–H groups in total. The van der Waals surface area contributed by atoms with Crippen LogP contribution >= 0.6 is 0 Å². The summed E-state index contributed by atoms with van der Waals surface area (Å²) in [7, 11) is 0. The monoisotopic (exact) mass is 306 g/mol.